The summed E-state index contributed by atoms with van der Waals surface area (Å²) in [7, 11) is 1.66. The minimum atomic E-state index is 0.0744. The number of methoxy groups -OCH3 is 1. The number of para-hydroxylation sites is 1. The molecule has 1 amide bonds. The summed E-state index contributed by atoms with van der Waals surface area (Å²) >= 11 is 0. The van der Waals surface area contributed by atoms with Crippen molar-refractivity contribution in [1.82, 2.24) is 9.97 Å². The monoisotopic (exact) mass is 414 g/mol. The predicted octanol–water partition coefficient (Wildman–Crippen LogP) is 3.96. The number of hydrogen-bond acceptors (Lipinski definition) is 5. The first-order valence-corrected chi connectivity index (χ1v) is 10.8. The summed E-state index contributed by atoms with van der Waals surface area (Å²) < 4.78 is 5.24. The first-order chi connectivity index (χ1) is 15.2. The lowest BCUT2D eigenvalue weighted by Crippen LogP contribution is -2.42. The van der Waals surface area contributed by atoms with Crippen molar-refractivity contribution in [2.75, 3.05) is 36.5 Å². The number of nitrogens with zero attached hydrogens (tertiary/aromatic N) is 4. The molecule has 5 rings (SSSR count). The third-order valence-corrected chi connectivity index (χ3v) is 6.36. The highest BCUT2D eigenvalue weighted by molar-refractivity contribution is 5.97. The summed E-state index contributed by atoms with van der Waals surface area (Å²) in [5.74, 6) is 2.08. The molecule has 1 fully saturated rings. The van der Waals surface area contributed by atoms with Crippen LogP contribution in [0.4, 0.5) is 11.5 Å². The largest absolute Gasteiger partial charge is 0.497 e. The highest BCUT2D eigenvalue weighted by Gasteiger charge is 2.32. The van der Waals surface area contributed by atoms with Crippen LogP contribution in [0.25, 0.3) is 11.3 Å². The van der Waals surface area contributed by atoms with E-state index in [1.165, 1.54) is 5.56 Å². The van der Waals surface area contributed by atoms with E-state index in [2.05, 4.69) is 27.0 Å². The molecule has 6 heteroatoms. The first-order valence-electron chi connectivity index (χ1n) is 10.8. The second kappa shape index (κ2) is 8.38. The number of rotatable bonds is 4. The van der Waals surface area contributed by atoms with Crippen LogP contribution in [0.3, 0.4) is 0 Å². The van der Waals surface area contributed by atoms with Crippen molar-refractivity contribution in [1.29, 1.82) is 0 Å². The fourth-order valence-corrected chi connectivity index (χ4v) is 4.58. The quantitative estimate of drug-likeness (QED) is 0.647. The molecule has 1 saturated heterocycles. The van der Waals surface area contributed by atoms with E-state index in [0.717, 1.165) is 67.4 Å². The van der Waals surface area contributed by atoms with E-state index in [1.54, 1.807) is 13.4 Å². The number of piperidine rings is 1. The Balaban J connectivity index is 1.25. The highest BCUT2D eigenvalue weighted by atomic mass is 16.5. The van der Waals surface area contributed by atoms with Crippen molar-refractivity contribution in [2.45, 2.75) is 19.3 Å². The van der Waals surface area contributed by atoms with Crippen LogP contribution < -0.4 is 14.5 Å². The van der Waals surface area contributed by atoms with Gasteiger partial charge in [0.1, 0.15) is 17.9 Å². The third-order valence-electron chi connectivity index (χ3n) is 6.36. The lowest BCUT2D eigenvalue weighted by molar-refractivity contribution is -0.122. The molecule has 2 aliphatic rings. The standard InChI is InChI=1S/C25H26N4O2/c1-31-21-8-6-18(7-9-21)22-16-24(27-17-26-22)28-13-10-20(11-14-28)25(30)29-15-12-19-4-2-3-5-23(19)29/h2-9,16-17,20H,10-15H2,1H3. The average molecular weight is 415 g/mol. The highest BCUT2D eigenvalue weighted by Crippen LogP contribution is 2.32. The molecule has 0 N–H and O–H groups in total. The Morgan fingerprint density at radius 1 is 1.00 bits per heavy atom. The Hall–Kier alpha value is -3.41. The number of anilines is 2. The van der Waals surface area contributed by atoms with E-state index in [9.17, 15) is 4.79 Å². The van der Waals surface area contributed by atoms with E-state index in [1.807, 2.05) is 47.4 Å². The van der Waals surface area contributed by atoms with Crippen LogP contribution in [-0.4, -0.2) is 42.6 Å². The van der Waals surface area contributed by atoms with E-state index < -0.39 is 0 Å². The third kappa shape index (κ3) is 3.85. The number of amides is 1. The molecule has 2 aromatic carbocycles. The fourth-order valence-electron chi connectivity index (χ4n) is 4.58. The Morgan fingerprint density at radius 2 is 1.77 bits per heavy atom. The maximum absolute atomic E-state index is 13.2. The van der Waals surface area contributed by atoms with Gasteiger partial charge in [-0.15, -0.1) is 0 Å². The Bertz CT molecular complexity index is 1070. The maximum atomic E-state index is 13.2. The van der Waals surface area contributed by atoms with Crippen LogP contribution in [0.1, 0.15) is 18.4 Å². The molecule has 0 unspecified atom stereocenters. The second-order valence-corrected chi connectivity index (χ2v) is 8.12. The van der Waals surface area contributed by atoms with Gasteiger partial charge in [-0.3, -0.25) is 4.79 Å². The van der Waals surface area contributed by atoms with Gasteiger partial charge in [0, 0.05) is 42.9 Å². The van der Waals surface area contributed by atoms with Crippen LogP contribution >= 0.6 is 0 Å². The lowest BCUT2D eigenvalue weighted by Gasteiger charge is -2.34. The van der Waals surface area contributed by atoms with Crippen LogP contribution in [0.2, 0.25) is 0 Å². The van der Waals surface area contributed by atoms with E-state index in [0.29, 0.717) is 0 Å². The molecular weight excluding hydrogens is 388 g/mol. The number of hydrogen-bond donors (Lipinski definition) is 0. The van der Waals surface area contributed by atoms with Gasteiger partial charge >= 0.3 is 0 Å². The van der Waals surface area contributed by atoms with Crippen LogP contribution in [0, 0.1) is 5.92 Å². The van der Waals surface area contributed by atoms with Crippen molar-refractivity contribution in [3.63, 3.8) is 0 Å². The van der Waals surface area contributed by atoms with Gasteiger partial charge in [0.25, 0.3) is 0 Å². The van der Waals surface area contributed by atoms with Gasteiger partial charge in [0.15, 0.2) is 0 Å². The van der Waals surface area contributed by atoms with Gasteiger partial charge in [0.05, 0.1) is 12.8 Å². The Morgan fingerprint density at radius 3 is 2.55 bits per heavy atom. The molecule has 6 nitrogen and oxygen atoms in total. The van der Waals surface area contributed by atoms with Gasteiger partial charge in [-0.05, 0) is 55.2 Å². The molecule has 0 radical (unpaired) electrons. The minimum Gasteiger partial charge on any atom is -0.497 e. The number of fused-ring (bicyclic) bond motifs is 1. The number of carbonyl (C=O) groups is 1. The van der Waals surface area contributed by atoms with Gasteiger partial charge in [0.2, 0.25) is 5.91 Å². The molecule has 3 heterocycles. The summed E-state index contributed by atoms with van der Waals surface area (Å²) in [6.07, 6.45) is 4.27. The van der Waals surface area contributed by atoms with Crippen LogP contribution in [-0.2, 0) is 11.2 Å². The first kappa shape index (κ1) is 19.5. The zero-order valence-corrected chi connectivity index (χ0v) is 17.7. The smallest absolute Gasteiger partial charge is 0.230 e. The number of ether oxygens (including phenoxy) is 1. The van der Waals surface area contributed by atoms with E-state index >= 15 is 0 Å². The van der Waals surface area contributed by atoms with Crippen molar-refractivity contribution in [2.24, 2.45) is 5.92 Å². The number of aromatic nitrogens is 2. The topological polar surface area (TPSA) is 58.6 Å². The van der Waals surface area contributed by atoms with Crippen molar-refractivity contribution in [3.05, 3.63) is 66.5 Å². The lowest BCUT2D eigenvalue weighted by atomic mass is 9.95. The minimum absolute atomic E-state index is 0.0744. The Kier molecular flexibility index (Phi) is 5.28. The number of benzene rings is 2. The summed E-state index contributed by atoms with van der Waals surface area (Å²) in [5, 5.41) is 0. The molecule has 3 aromatic rings. The molecule has 158 valence electrons. The Labute approximate surface area is 182 Å². The molecule has 31 heavy (non-hydrogen) atoms. The SMILES string of the molecule is COc1ccc(-c2cc(N3CCC(C(=O)N4CCc5ccccc54)CC3)ncn2)cc1. The second-order valence-electron chi connectivity index (χ2n) is 8.12. The van der Waals surface area contributed by atoms with E-state index in [4.69, 9.17) is 4.74 Å². The van der Waals surface area contributed by atoms with Crippen molar-refractivity contribution in [3.8, 4) is 17.0 Å². The van der Waals surface area contributed by atoms with Gasteiger partial charge in [-0.1, -0.05) is 18.2 Å². The zero-order valence-electron chi connectivity index (χ0n) is 17.7. The summed E-state index contributed by atoms with van der Waals surface area (Å²) in [6.45, 7) is 2.45. The summed E-state index contributed by atoms with van der Waals surface area (Å²) in [6, 6.07) is 18.2. The van der Waals surface area contributed by atoms with Crippen LogP contribution in [0.15, 0.2) is 60.9 Å². The van der Waals surface area contributed by atoms with Gasteiger partial charge in [-0.25, -0.2) is 9.97 Å². The molecule has 0 atom stereocenters. The molecule has 0 aliphatic carbocycles. The average Bonchev–Trinajstić information content (AvgIpc) is 3.28. The van der Waals surface area contributed by atoms with Crippen molar-refractivity contribution < 1.29 is 9.53 Å². The zero-order chi connectivity index (χ0) is 21.2. The van der Waals surface area contributed by atoms with Crippen LogP contribution in [0.5, 0.6) is 5.75 Å². The van der Waals surface area contributed by atoms with Gasteiger partial charge < -0.3 is 14.5 Å². The maximum Gasteiger partial charge on any atom is 0.230 e. The number of carbonyl (C=O) groups excluding carboxylic acids is 1. The predicted molar refractivity (Wildman–Crippen MR) is 121 cm³/mol. The molecule has 0 saturated carbocycles. The molecule has 1 aromatic heterocycles. The van der Waals surface area contributed by atoms with Crippen molar-refractivity contribution >= 4 is 17.4 Å². The van der Waals surface area contributed by atoms with Gasteiger partial charge in [-0.2, -0.15) is 0 Å². The fraction of sp³-hybridized carbons (Fsp3) is 0.320. The molecule has 0 bridgehead atoms. The molecule has 0 spiro atoms. The van der Waals surface area contributed by atoms with E-state index in [-0.39, 0.29) is 11.8 Å². The normalized spacial score (nSPS) is 16.3. The summed E-state index contributed by atoms with van der Waals surface area (Å²) in [4.78, 5) is 26.3. The summed E-state index contributed by atoms with van der Waals surface area (Å²) in [5.41, 5.74) is 4.29. The molecular formula is C25H26N4O2. The molecule has 2 aliphatic heterocycles.